The summed E-state index contributed by atoms with van der Waals surface area (Å²) in [6.45, 7) is 5.86. The molecule has 0 aliphatic carbocycles. The smallest absolute Gasteiger partial charge is 0.251 e. The van der Waals surface area contributed by atoms with Crippen LogP contribution in [0.1, 0.15) is 81.8 Å². The van der Waals surface area contributed by atoms with E-state index in [0.717, 1.165) is 55.0 Å². The van der Waals surface area contributed by atoms with Crippen molar-refractivity contribution in [2.75, 3.05) is 32.9 Å². The van der Waals surface area contributed by atoms with E-state index in [1.54, 1.807) is 0 Å². The van der Waals surface area contributed by atoms with Crippen LogP contribution in [0.4, 0.5) is 0 Å². The molecule has 3 aliphatic rings. The fraction of sp³-hybridized carbons (Fsp3) is 0.604. The highest BCUT2D eigenvalue weighted by Crippen LogP contribution is 2.28. The quantitative estimate of drug-likeness (QED) is 0.0752. The third kappa shape index (κ3) is 14.8. The number of phenolic OH excluding ortho intramolecular Hbond substituents is 1. The molecule has 0 bridgehead atoms. The van der Waals surface area contributed by atoms with Crippen LogP contribution in [0.5, 0.6) is 11.5 Å². The van der Waals surface area contributed by atoms with Gasteiger partial charge in [0.15, 0.2) is 6.23 Å². The minimum atomic E-state index is -2.29. The predicted octanol–water partition coefficient (Wildman–Crippen LogP) is -4.24. The normalized spacial score (nSPS) is 29.6. The molecule has 15 atom stereocenters. The second-order valence-electron chi connectivity index (χ2n) is 18.7. The Morgan fingerprint density at radius 3 is 1.93 bits per heavy atom. The Hall–Kier alpha value is -6.03. The Morgan fingerprint density at radius 1 is 0.712 bits per heavy atom. The molecule has 0 saturated carbocycles. The number of hydrogen-bond donors (Lipinski definition) is 14. The first-order valence-corrected chi connectivity index (χ1v) is 24.2. The fourth-order valence-corrected chi connectivity index (χ4v) is 8.74. The summed E-state index contributed by atoms with van der Waals surface area (Å²) in [6, 6.07) is -1.27. The lowest BCUT2D eigenvalue weighted by atomic mass is 9.96. The summed E-state index contributed by atoms with van der Waals surface area (Å²) in [5.74, 6) is -9.10. The standard InChI is InChI=1S/C48H69N7O18/c1-5-6-7-16-72-17-18-73-30-14-10-27(11-15-30)41(64)49-31-20-33(60)44(67)53-46(69)37-38(61)23(2)21-55(37)48(71)35(25(4)57)51-45(68)36(40(63)39(62)26-8-12-28(58)13-9-26)52-43(66)32-19-29(59)22-54(32)47(70)34(24(3)56)50-42(31)65/h8-15,23-25,29,31-40,44,56-63,67H,5-7,16-22H2,1-4H3,(H,49,64)(H,50,65)(H,51,68)(H,52,66)(H,53,69)/t23-,24+,25+,29+,31-,32-,33+,34-,35-,36-,37-,38-,39-,40-,44+/m0/s1. The van der Waals surface area contributed by atoms with Crippen molar-refractivity contribution < 1.29 is 89.0 Å². The van der Waals surface area contributed by atoms with Crippen molar-refractivity contribution in [1.82, 2.24) is 36.4 Å². The zero-order valence-electron chi connectivity index (χ0n) is 40.9. The van der Waals surface area contributed by atoms with Crippen molar-refractivity contribution in [3.05, 3.63) is 59.7 Å². The van der Waals surface area contributed by atoms with Crippen LogP contribution in [-0.4, -0.2) is 209 Å². The molecule has 404 valence electrons. The number of fused-ring (bicyclic) bond motifs is 2. The van der Waals surface area contributed by atoms with Gasteiger partial charge >= 0.3 is 0 Å². The second-order valence-corrected chi connectivity index (χ2v) is 18.7. The predicted molar refractivity (Wildman–Crippen MR) is 253 cm³/mol. The third-order valence-electron chi connectivity index (χ3n) is 13.0. The van der Waals surface area contributed by atoms with Gasteiger partial charge in [0.05, 0.1) is 31.0 Å². The van der Waals surface area contributed by atoms with Gasteiger partial charge in [0, 0.05) is 44.0 Å². The average Bonchev–Trinajstić information content (AvgIpc) is 3.90. The highest BCUT2D eigenvalue weighted by Gasteiger charge is 2.50. The summed E-state index contributed by atoms with van der Waals surface area (Å²) in [7, 11) is 0. The Kier molecular flexibility index (Phi) is 20.8. The molecule has 0 radical (unpaired) electrons. The first-order chi connectivity index (χ1) is 34.5. The van der Waals surface area contributed by atoms with Crippen LogP contribution < -0.4 is 31.3 Å². The number of benzene rings is 2. The van der Waals surface area contributed by atoms with Gasteiger partial charge < -0.3 is 91.8 Å². The summed E-state index contributed by atoms with van der Waals surface area (Å²) in [6.07, 6.45) is -13.7. The Bertz CT molecular complexity index is 2220. The number of phenols is 1. The molecule has 3 heterocycles. The van der Waals surface area contributed by atoms with Crippen molar-refractivity contribution in [3.8, 4) is 11.5 Å². The van der Waals surface area contributed by atoms with Crippen LogP contribution in [0.15, 0.2) is 48.5 Å². The van der Waals surface area contributed by atoms with Crippen molar-refractivity contribution in [2.24, 2.45) is 5.92 Å². The van der Waals surface area contributed by atoms with Crippen LogP contribution in [0.3, 0.4) is 0 Å². The van der Waals surface area contributed by atoms with Crippen LogP contribution in [0.25, 0.3) is 0 Å². The first-order valence-electron chi connectivity index (χ1n) is 24.2. The monoisotopic (exact) mass is 1030 g/mol. The number of ether oxygens (including phenoxy) is 2. The molecule has 73 heavy (non-hydrogen) atoms. The number of nitrogens with zero attached hydrogens (tertiary/aromatic N) is 2. The Labute approximate surface area is 420 Å². The lowest BCUT2D eigenvalue weighted by molar-refractivity contribution is -0.148. The summed E-state index contributed by atoms with van der Waals surface area (Å²) >= 11 is 0. The maximum Gasteiger partial charge on any atom is 0.251 e. The number of aliphatic hydroxyl groups is 8. The SMILES string of the molecule is CCCCCOCCOc1ccc(C(=O)N[C@H]2C[C@@H](O)[C@@H](O)NC(=O)[C@@H]3[C@@H](O)[C@@H](C)CN3C(=O)[C@H]([C@@H](C)O)NC(=O)[C@H]([C@H](O)[C@@H](O)c3ccc(O)cc3)NC(=O)[C@@H]3C[C@@H](O)CN3C(=O)[C@H]([C@@H](C)O)NC2=O)cc1. The van der Waals surface area contributed by atoms with Crippen molar-refractivity contribution >= 4 is 41.4 Å². The Morgan fingerprint density at radius 2 is 1.32 bits per heavy atom. The number of rotatable bonds is 15. The molecule has 14 N–H and O–H groups in total. The maximum absolute atomic E-state index is 14.3. The van der Waals surface area contributed by atoms with Crippen molar-refractivity contribution in [1.29, 1.82) is 0 Å². The van der Waals surface area contributed by atoms with Gasteiger partial charge in [-0.25, -0.2) is 0 Å². The van der Waals surface area contributed by atoms with Gasteiger partial charge in [0.1, 0.15) is 72.7 Å². The van der Waals surface area contributed by atoms with Crippen LogP contribution in [0, 0.1) is 5.92 Å². The molecule has 3 fully saturated rings. The van der Waals surface area contributed by atoms with E-state index in [1.165, 1.54) is 43.3 Å². The van der Waals surface area contributed by atoms with Crippen molar-refractivity contribution in [3.63, 3.8) is 0 Å². The van der Waals surface area contributed by atoms with Gasteiger partial charge in [0.25, 0.3) is 5.91 Å². The number of nitrogens with one attached hydrogen (secondary N) is 5. The molecule has 0 unspecified atom stereocenters. The number of unbranched alkanes of at least 4 members (excludes halogenated alkanes) is 2. The van der Waals surface area contributed by atoms with E-state index in [2.05, 4.69) is 33.5 Å². The number of amides is 7. The summed E-state index contributed by atoms with van der Waals surface area (Å²) < 4.78 is 11.2. The first kappa shape index (κ1) is 57.9. The molecule has 3 saturated heterocycles. The largest absolute Gasteiger partial charge is 0.508 e. The minimum Gasteiger partial charge on any atom is -0.508 e. The number of carbonyl (C=O) groups is 7. The highest BCUT2D eigenvalue weighted by atomic mass is 16.5. The van der Waals surface area contributed by atoms with E-state index in [0.29, 0.717) is 19.0 Å². The second kappa shape index (κ2) is 26.3. The number of aliphatic hydroxyl groups excluding tert-OH is 8. The molecule has 25 nitrogen and oxygen atoms in total. The van der Waals surface area contributed by atoms with E-state index in [1.807, 2.05) is 0 Å². The number of aromatic hydroxyl groups is 1. The molecular formula is C48H69N7O18. The van der Waals surface area contributed by atoms with Gasteiger partial charge in [-0.3, -0.25) is 33.6 Å². The van der Waals surface area contributed by atoms with Crippen LogP contribution in [-0.2, 0) is 33.5 Å². The minimum absolute atomic E-state index is 0.0266. The molecule has 2 aromatic rings. The highest BCUT2D eigenvalue weighted by molar-refractivity contribution is 6.00. The van der Waals surface area contributed by atoms with E-state index < -0.39 is 152 Å². The van der Waals surface area contributed by atoms with E-state index >= 15 is 0 Å². The summed E-state index contributed by atoms with van der Waals surface area (Å²) in [5, 5.41) is 110. The molecule has 7 amide bonds. The fourth-order valence-electron chi connectivity index (χ4n) is 8.74. The number of carbonyl (C=O) groups excluding carboxylic acids is 7. The van der Waals surface area contributed by atoms with Crippen molar-refractivity contribution in [2.45, 2.75) is 145 Å². The molecule has 0 spiro atoms. The molecule has 0 aromatic heterocycles. The van der Waals surface area contributed by atoms with Gasteiger partial charge in [-0.05, 0) is 62.2 Å². The van der Waals surface area contributed by atoms with Crippen LogP contribution in [0.2, 0.25) is 0 Å². The Balaban J connectivity index is 1.51. The lowest BCUT2D eigenvalue weighted by Gasteiger charge is -2.34. The van der Waals surface area contributed by atoms with Gasteiger partial charge in [-0.2, -0.15) is 0 Å². The molecule has 25 heteroatoms. The van der Waals surface area contributed by atoms with Crippen LogP contribution >= 0.6 is 0 Å². The molecule has 5 rings (SSSR count). The van der Waals surface area contributed by atoms with E-state index in [4.69, 9.17) is 9.47 Å². The summed E-state index contributed by atoms with van der Waals surface area (Å²) in [5.41, 5.74) is -0.101. The number of hydrogen-bond acceptors (Lipinski definition) is 18. The maximum atomic E-state index is 14.3. The zero-order valence-corrected chi connectivity index (χ0v) is 40.9. The zero-order chi connectivity index (χ0) is 53.8. The van der Waals surface area contributed by atoms with Gasteiger partial charge in [-0.15, -0.1) is 0 Å². The molecular weight excluding hydrogens is 963 g/mol. The lowest BCUT2D eigenvalue weighted by Crippen LogP contribution is -2.64. The topological polar surface area (TPSA) is 387 Å². The summed E-state index contributed by atoms with van der Waals surface area (Å²) in [4.78, 5) is 101. The van der Waals surface area contributed by atoms with Gasteiger partial charge in [0.2, 0.25) is 35.4 Å². The molecule has 3 aliphatic heterocycles. The van der Waals surface area contributed by atoms with E-state index in [9.17, 15) is 79.5 Å². The third-order valence-corrected chi connectivity index (χ3v) is 13.0. The van der Waals surface area contributed by atoms with E-state index in [-0.39, 0.29) is 30.0 Å². The van der Waals surface area contributed by atoms with Gasteiger partial charge in [-0.1, -0.05) is 38.8 Å². The molecule has 2 aromatic carbocycles. The average molecular weight is 1030 g/mol.